The first-order valence-electron chi connectivity index (χ1n) is 6.44. The molecule has 4 heteroatoms. The van der Waals surface area contributed by atoms with Gasteiger partial charge in [0.25, 0.3) is 0 Å². The fourth-order valence-electron chi connectivity index (χ4n) is 2.76. The largest absolute Gasteiger partial charge is 0.399 e. The Morgan fingerprint density at radius 3 is 3.06 bits per heavy atom. The first-order valence-corrected chi connectivity index (χ1v) is 6.44. The number of ether oxygens (including phenoxy) is 1. The van der Waals surface area contributed by atoms with Gasteiger partial charge < -0.3 is 15.0 Å². The SMILES string of the molecule is Cc1nc2cc(N)ccc2n1CC1(C)CCCO1. The van der Waals surface area contributed by atoms with Gasteiger partial charge in [0.2, 0.25) is 0 Å². The van der Waals surface area contributed by atoms with Crippen LogP contribution in [0.4, 0.5) is 5.69 Å². The van der Waals surface area contributed by atoms with E-state index in [1.807, 2.05) is 25.1 Å². The van der Waals surface area contributed by atoms with Crippen LogP contribution in [0.3, 0.4) is 0 Å². The lowest BCUT2D eigenvalue weighted by Gasteiger charge is -2.24. The van der Waals surface area contributed by atoms with Crippen molar-refractivity contribution in [3.05, 3.63) is 24.0 Å². The number of aromatic nitrogens is 2. The van der Waals surface area contributed by atoms with Crippen LogP contribution in [0.15, 0.2) is 18.2 Å². The first-order chi connectivity index (χ1) is 8.57. The highest BCUT2D eigenvalue weighted by atomic mass is 16.5. The molecule has 2 N–H and O–H groups in total. The van der Waals surface area contributed by atoms with E-state index in [1.165, 1.54) is 0 Å². The maximum absolute atomic E-state index is 5.87. The molecule has 1 aliphatic heterocycles. The van der Waals surface area contributed by atoms with Crippen LogP contribution in [0.2, 0.25) is 0 Å². The van der Waals surface area contributed by atoms with Gasteiger partial charge in [-0.25, -0.2) is 4.98 Å². The van der Waals surface area contributed by atoms with Crippen molar-refractivity contribution in [2.24, 2.45) is 0 Å². The summed E-state index contributed by atoms with van der Waals surface area (Å²) in [5.41, 5.74) is 8.61. The molecule has 1 aromatic heterocycles. The van der Waals surface area contributed by atoms with Gasteiger partial charge >= 0.3 is 0 Å². The van der Waals surface area contributed by atoms with E-state index in [2.05, 4.69) is 16.5 Å². The molecular weight excluding hydrogens is 226 g/mol. The van der Waals surface area contributed by atoms with Gasteiger partial charge in [0.05, 0.1) is 23.2 Å². The van der Waals surface area contributed by atoms with Crippen molar-refractivity contribution in [2.45, 2.75) is 38.8 Å². The summed E-state index contributed by atoms with van der Waals surface area (Å²) < 4.78 is 8.10. The van der Waals surface area contributed by atoms with Gasteiger partial charge in [-0.3, -0.25) is 0 Å². The maximum Gasteiger partial charge on any atom is 0.106 e. The number of nitrogens with zero attached hydrogens (tertiary/aromatic N) is 2. The molecule has 1 aromatic carbocycles. The molecule has 0 aliphatic carbocycles. The highest BCUT2D eigenvalue weighted by Crippen LogP contribution is 2.29. The van der Waals surface area contributed by atoms with Gasteiger partial charge in [0.1, 0.15) is 5.82 Å². The number of aryl methyl sites for hydroxylation is 1. The number of rotatable bonds is 2. The monoisotopic (exact) mass is 245 g/mol. The van der Waals surface area contributed by atoms with E-state index in [0.717, 1.165) is 48.5 Å². The highest BCUT2D eigenvalue weighted by Gasteiger charge is 2.31. The van der Waals surface area contributed by atoms with Crippen LogP contribution >= 0.6 is 0 Å². The van der Waals surface area contributed by atoms with Gasteiger partial charge in [0.15, 0.2) is 0 Å². The molecule has 1 aliphatic rings. The molecule has 0 bridgehead atoms. The molecular formula is C14H19N3O. The third-order valence-corrected chi connectivity index (χ3v) is 3.76. The molecule has 1 saturated heterocycles. The van der Waals surface area contributed by atoms with Crippen molar-refractivity contribution in [3.8, 4) is 0 Å². The molecule has 2 aromatic rings. The Bertz CT molecular complexity index is 582. The minimum atomic E-state index is -0.0558. The second-order valence-electron chi connectivity index (χ2n) is 5.40. The number of imidazole rings is 1. The van der Waals surface area contributed by atoms with Crippen LogP contribution in [0.5, 0.6) is 0 Å². The number of benzene rings is 1. The maximum atomic E-state index is 5.87. The Kier molecular flexibility index (Phi) is 2.55. The fourth-order valence-corrected chi connectivity index (χ4v) is 2.76. The number of anilines is 1. The average molecular weight is 245 g/mol. The predicted octanol–water partition coefficient (Wildman–Crippen LogP) is 2.50. The van der Waals surface area contributed by atoms with Crippen molar-refractivity contribution < 1.29 is 4.74 Å². The Hall–Kier alpha value is -1.55. The number of nitrogen functional groups attached to an aromatic ring is 1. The number of fused-ring (bicyclic) bond motifs is 1. The van der Waals surface area contributed by atoms with Crippen LogP contribution in [-0.2, 0) is 11.3 Å². The van der Waals surface area contributed by atoms with Crippen molar-refractivity contribution in [2.75, 3.05) is 12.3 Å². The average Bonchev–Trinajstić information content (AvgIpc) is 2.85. The number of hydrogen-bond acceptors (Lipinski definition) is 3. The lowest BCUT2D eigenvalue weighted by molar-refractivity contribution is 0.00665. The normalized spacial score (nSPS) is 23.9. The third-order valence-electron chi connectivity index (χ3n) is 3.76. The predicted molar refractivity (Wildman–Crippen MR) is 72.5 cm³/mol. The molecule has 0 amide bonds. The van der Waals surface area contributed by atoms with E-state index in [-0.39, 0.29) is 5.60 Å². The van der Waals surface area contributed by atoms with Crippen molar-refractivity contribution in [3.63, 3.8) is 0 Å². The summed E-state index contributed by atoms with van der Waals surface area (Å²) in [7, 11) is 0. The van der Waals surface area contributed by atoms with Crippen molar-refractivity contribution in [1.82, 2.24) is 9.55 Å². The molecule has 3 rings (SSSR count). The van der Waals surface area contributed by atoms with E-state index in [1.54, 1.807) is 0 Å². The van der Waals surface area contributed by atoms with E-state index < -0.39 is 0 Å². The zero-order valence-corrected chi connectivity index (χ0v) is 10.9. The van der Waals surface area contributed by atoms with Gasteiger partial charge in [-0.2, -0.15) is 0 Å². The Morgan fingerprint density at radius 1 is 1.50 bits per heavy atom. The smallest absolute Gasteiger partial charge is 0.106 e. The van der Waals surface area contributed by atoms with Gasteiger partial charge in [-0.15, -0.1) is 0 Å². The number of hydrogen-bond donors (Lipinski definition) is 1. The minimum absolute atomic E-state index is 0.0558. The Labute approximate surface area is 107 Å². The zero-order valence-electron chi connectivity index (χ0n) is 10.9. The second-order valence-corrected chi connectivity index (χ2v) is 5.40. The van der Waals surface area contributed by atoms with Crippen molar-refractivity contribution in [1.29, 1.82) is 0 Å². The molecule has 1 unspecified atom stereocenters. The zero-order chi connectivity index (χ0) is 12.8. The third kappa shape index (κ3) is 1.86. The lowest BCUT2D eigenvalue weighted by Crippen LogP contribution is -2.29. The molecule has 0 saturated carbocycles. The Morgan fingerprint density at radius 2 is 2.33 bits per heavy atom. The van der Waals surface area contributed by atoms with Crippen molar-refractivity contribution >= 4 is 16.7 Å². The molecule has 1 atom stereocenters. The standard InChI is InChI=1S/C14H19N3O/c1-10-16-12-8-11(15)4-5-13(12)17(10)9-14(2)6-3-7-18-14/h4-5,8H,3,6-7,9,15H2,1-2H3. The van der Waals surface area contributed by atoms with Gasteiger partial charge in [-0.1, -0.05) is 0 Å². The number of nitrogens with two attached hydrogens (primary N) is 1. The first kappa shape index (κ1) is 11.5. The quantitative estimate of drug-likeness (QED) is 0.827. The van der Waals surface area contributed by atoms with Gasteiger partial charge in [-0.05, 0) is 44.9 Å². The lowest BCUT2D eigenvalue weighted by atomic mass is 10.0. The minimum Gasteiger partial charge on any atom is -0.399 e. The van der Waals surface area contributed by atoms with Gasteiger partial charge in [0, 0.05) is 12.3 Å². The molecule has 2 heterocycles. The Balaban J connectivity index is 2.03. The van der Waals surface area contributed by atoms with E-state index >= 15 is 0 Å². The summed E-state index contributed by atoms with van der Waals surface area (Å²) >= 11 is 0. The van der Waals surface area contributed by atoms with Crippen LogP contribution in [0.1, 0.15) is 25.6 Å². The van der Waals surface area contributed by atoms with Crippen LogP contribution in [-0.4, -0.2) is 21.8 Å². The van der Waals surface area contributed by atoms with E-state index in [0.29, 0.717) is 0 Å². The summed E-state index contributed by atoms with van der Waals surface area (Å²) in [5.74, 6) is 1.02. The van der Waals surface area contributed by atoms with Crippen LogP contribution in [0, 0.1) is 6.92 Å². The topological polar surface area (TPSA) is 53.1 Å². The molecule has 18 heavy (non-hydrogen) atoms. The molecule has 0 spiro atoms. The summed E-state index contributed by atoms with van der Waals surface area (Å²) in [6, 6.07) is 5.90. The summed E-state index contributed by atoms with van der Waals surface area (Å²) in [6.07, 6.45) is 2.26. The summed E-state index contributed by atoms with van der Waals surface area (Å²) in [4.78, 5) is 4.57. The molecule has 96 valence electrons. The molecule has 4 nitrogen and oxygen atoms in total. The van der Waals surface area contributed by atoms with Crippen LogP contribution < -0.4 is 5.73 Å². The fraction of sp³-hybridized carbons (Fsp3) is 0.500. The summed E-state index contributed by atoms with van der Waals surface area (Å²) in [5, 5.41) is 0. The second kappa shape index (κ2) is 3.99. The van der Waals surface area contributed by atoms with E-state index in [9.17, 15) is 0 Å². The molecule has 1 fully saturated rings. The molecule has 0 radical (unpaired) electrons. The van der Waals surface area contributed by atoms with Crippen LogP contribution in [0.25, 0.3) is 11.0 Å². The summed E-state index contributed by atoms with van der Waals surface area (Å²) in [6.45, 7) is 5.95. The van der Waals surface area contributed by atoms with E-state index in [4.69, 9.17) is 10.5 Å². The highest BCUT2D eigenvalue weighted by molar-refractivity contribution is 5.79.